The molecule has 5 nitrogen and oxygen atoms in total. The summed E-state index contributed by atoms with van der Waals surface area (Å²) in [4.78, 5) is 12.0. The maximum absolute atomic E-state index is 12.0. The van der Waals surface area contributed by atoms with E-state index >= 15 is 0 Å². The Bertz CT molecular complexity index is 644. The maximum Gasteiger partial charge on any atom is 0.243 e. The van der Waals surface area contributed by atoms with E-state index in [9.17, 15) is 4.79 Å². The minimum Gasteiger partial charge on any atom is -0.497 e. The van der Waals surface area contributed by atoms with Gasteiger partial charge < -0.3 is 20.1 Å². The van der Waals surface area contributed by atoms with Crippen LogP contribution in [0.1, 0.15) is 0 Å². The van der Waals surface area contributed by atoms with Crippen molar-refractivity contribution in [3.05, 3.63) is 46.9 Å². The Balaban J connectivity index is 1.95. The average molecular weight is 365 g/mol. The lowest BCUT2D eigenvalue weighted by atomic mass is 10.2. The summed E-state index contributed by atoms with van der Waals surface area (Å²) in [6.45, 7) is 0.164. The van der Waals surface area contributed by atoms with Gasteiger partial charge in [-0.05, 0) is 36.4 Å². The average Bonchev–Trinajstić information content (AvgIpc) is 2.54. The van der Waals surface area contributed by atoms with Gasteiger partial charge in [-0.25, -0.2) is 0 Å². The summed E-state index contributed by atoms with van der Waals surface area (Å²) in [5.41, 5.74) is 1.48. The van der Waals surface area contributed by atoms with Gasteiger partial charge in [0.2, 0.25) is 5.91 Å². The number of rotatable bonds is 6. The highest BCUT2D eigenvalue weighted by molar-refractivity contribution is 9.10. The molecule has 0 heterocycles. The first-order valence-electron chi connectivity index (χ1n) is 6.63. The van der Waals surface area contributed by atoms with Gasteiger partial charge in [-0.3, -0.25) is 4.79 Å². The minimum absolute atomic E-state index is 0.161. The van der Waals surface area contributed by atoms with Gasteiger partial charge in [0, 0.05) is 16.2 Å². The van der Waals surface area contributed by atoms with Gasteiger partial charge in [0.25, 0.3) is 0 Å². The number of methoxy groups -OCH3 is 2. The predicted octanol–water partition coefficient (Wildman–Crippen LogP) is 3.52. The van der Waals surface area contributed by atoms with E-state index in [4.69, 9.17) is 9.47 Å². The molecule has 0 radical (unpaired) electrons. The number of amides is 1. The molecule has 0 aliphatic rings. The summed E-state index contributed by atoms with van der Waals surface area (Å²) in [5.74, 6) is 1.06. The van der Waals surface area contributed by atoms with Gasteiger partial charge >= 0.3 is 0 Å². The van der Waals surface area contributed by atoms with Crippen molar-refractivity contribution in [1.29, 1.82) is 0 Å². The molecule has 0 spiro atoms. The molecule has 2 aromatic carbocycles. The number of carbonyl (C=O) groups is 1. The number of hydrogen-bond acceptors (Lipinski definition) is 4. The van der Waals surface area contributed by atoms with E-state index in [2.05, 4.69) is 26.6 Å². The number of ether oxygens (including phenoxy) is 2. The zero-order chi connectivity index (χ0) is 15.9. The molecule has 116 valence electrons. The van der Waals surface area contributed by atoms with Gasteiger partial charge in [-0.15, -0.1) is 0 Å². The molecule has 0 saturated heterocycles. The zero-order valence-electron chi connectivity index (χ0n) is 12.4. The molecule has 6 heteroatoms. The van der Waals surface area contributed by atoms with E-state index in [1.807, 2.05) is 24.3 Å². The normalized spacial score (nSPS) is 9.95. The summed E-state index contributed by atoms with van der Waals surface area (Å²) in [6, 6.07) is 12.8. The van der Waals surface area contributed by atoms with Crippen molar-refractivity contribution in [2.45, 2.75) is 0 Å². The van der Waals surface area contributed by atoms with Crippen LogP contribution in [-0.2, 0) is 4.79 Å². The quantitative estimate of drug-likeness (QED) is 0.823. The lowest BCUT2D eigenvalue weighted by Crippen LogP contribution is -2.22. The molecule has 2 aromatic rings. The summed E-state index contributed by atoms with van der Waals surface area (Å²) >= 11 is 3.37. The third kappa shape index (κ3) is 4.39. The lowest BCUT2D eigenvalue weighted by Gasteiger charge is -2.12. The highest BCUT2D eigenvalue weighted by Crippen LogP contribution is 2.28. The van der Waals surface area contributed by atoms with Crippen molar-refractivity contribution >= 4 is 33.2 Å². The van der Waals surface area contributed by atoms with E-state index < -0.39 is 0 Å². The Morgan fingerprint density at radius 1 is 1.09 bits per heavy atom. The van der Waals surface area contributed by atoms with Crippen molar-refractivity contribution < 1.29 is 14.3 Å². The van der Waals surface area contributed by atoms with Crippen LogP contribution < -0.4 is 20.1 Å². The Morgan fingerprint density at radius 2 is 1.82 bits per heavy atom. The number of hydrogen-bond donors (Lipinski definition) is 2. The van der Waals surface area contributed by atoms with Crippen LogP contribution in [0.5, 0.6) is 11.5 Å². The van der Waals surface area contributed by atoms with Gasteiger partial charge in [-0.2, -0.15) is 0 Å². The van der Waals surface area contributed by atoms with Crippen LogP contribution in [0, 0.1) is 0 Å². The molecule has 0 aromatic heterocycles. The number of carbonyl (C=O) groups excluding carboxylic acids is 1. The first-order chi connectivity index (χ1) is 10.6. The fourth-order valence-corrected chi connectivity index (χ4v) is 2.11. The Hall–Kier alpha value is -2.21. The second-order valence-corrected chi connectivity index (χ2v) is 5.39. The molecular weight excluding hydrogens is 348 g/mol. The third-order valence-corrected chi connectivity index (χ3v) is 3.51. The smallest absolute Gasteiger partial charge is 0.243 e. The second kappa shape index (κ2) is 7.70. The van der Waals surface area contributed by atoms with Crippen molar-refractivity contribution in [3.8, 4) is 11.5 Å². The van der Waals surface area contributed by atoms with Crippen molar-refractivity contribution in [2.75, 3.05) is 31.4 Å². The fourth-order valence-electron chi connectivity index (χ4n) is 1.85. The minimum atomic E-state index is -0.161. The third-order valence-electron chi connectivity index (χ3n) is 2.98. The van der Waals surface area contributed by atoms with Gasteiger partial charge in [0.15, 0.2) is 0 Å². The summed E-state index contributed by atoms with van der Waals surface area (Å²) in [6.07, 6.45) is 0. The molecule has 0 fully saturated rings. The monoisotopic (exact) mass is 364 g/mol. The molecule has 0 atom stereocenters. The summed E-state index contributed by atoms with van der Waals surface area (Å²) in [7, 11) is 3.12. The first-order valence-corrected chi connectivity index (χ1v) is 7.43. The van der Waals surface area contributed by atoms with Crippen LogP contribution in [0.4, 0.5) is 11.4 Å². The molecule has 0 unspecified atom stereocenters. The summed E-state index contributed by atoms with van der Waals surface area (Å²) < 4.78 is 11.4. The molecule has 2 rings (SSSR count). The van der Waals surface area contributed by atoms with Gasteiger partial charge in [0.05, 0.1) is 26.5 Å². The van der Waals surface area contributed by atoms with Crippen LogP contribution in [0.2, 0.25) is 0 Å². The van der Waals surface area contributed by atoms with Crippen molar-refractivity contribution in [1.82, 2.24) is 0 Å². The number of halogens is 1. The molecule has 0 bridgehead atoms. The Labute approximate surface area is 137 Å². The molecule has 0 aliphatic carbocycles. The van der Waals surface area contributed by atoms with Gasteiger partial charge in [-0.1, -0.05) is 15.9 Å². The van der Waals surface area contributed by atoms with E-state index in [0.717, 1.165) is 10.2 Å². The fraction of sp³-hybridized carbons (Fsp3) is 0.188. The van der Waals surface area contributed by atoms with E-state index in [-0.39, 0.29) is 12.5 Å². The van der Waals surface area contributed by atoms with Crippen molar-refractivity contribution in [2.24, 2.45) is 0 Å². The largest absolute Gasteiger partial charge is 0.497 e. The highest BCUT2D eigenvalue weighted by atomic mass is 79.9. The first kappa shape index (κ1) is 16.2. The number of nitrogens with one attached hydrogen (secondary N) is 2. The van der Waals surface area contributed by atoms with Crippen molar-refractivity contribution in [3.63, 3.8) is 0 Å². The van der Waals surface area contributed by atoms with E-state index in [1.54, 1.807) is 32.4 Å². The zero-order valence-corrected chi connectivity index (χ0v) is 13.9. The molecular formula is C16H17BrN2O3. The molecule has 22 heavy (non-hydrogen) atoms. The Kier molecular flexibility index (Phi) is 5.66. The second-order valence-electron chi connectivity index (χ2n) is 4.47. The lowest BCUT2D eigenvalue weighted by molar-refractivity contribution is -0.114. The van der Waals surface area contributed by atoms with Crippen LogP contribution in [0.15, 0.2) is 46.9 Å². The van der Waals surface area contributed by atoms with Crippen LogP contribution in [0.3, 0.4) is 0 Å². The van der Waals surface area contributed by atoms with Crippen LogP contribution >= 0.6 is 15.9 Å². The molecule has 2 N–H and O–H groups in total. The maximum atomic E-state index is 12.0. The number of benzene rings is 2. The highest BCUT2D eigenvalue weighted by Gasteiger charge is 2.08. The topological polar surface area (TPSA) is 59.6 Å². The van der Waals surface area contributed by atoms with E-state index in [0.29, 0.717) is 17.2 Å². The summed E-state index contributed by atoms with van der Waals surface area (Å²) in [5, 5.41) is 5.86. The molecule has 0 saturated carbocycles. The standard InChI is InChI=1S/C16H17BrN2O3/c1-21-13-7-8-14(15(9-13)22-2)19-16(20)10-18-12-5-3-11(17)4-6-12/h3-9,18H,10H2,1-2H3,(H,19,20). The SMILES string of the molecule is COc1ccc(NC(=O)CNc2ccc(Br)cc2)c(OC)c1. The molecule has 0 aliphatic heterocycles. The van der Waals surface area contributed by atoms with Gasteiger partial charge in [0.1, 0.15) is 11.5 Å². The van der Waals surface area contributed by atoms with Crippen LogP contribution in [0.25, 0.3) is 0 Å². The predicted molar refractivity (Wildman–Crippen MR) is 90.8 cm³/mol. The van der Waals surface area contributed by atoms with Crippen LogP contribution in [-0.4, -0.2) is 26.7 Å². The van der Waals surface area contributed by atoms with E-state index in [1.165, 1.54) is 0 Å². The number of anilines is 2. The molecule has 1 amide bonds. The Morgan fingerprint density at radius 3 is 2.45 bits per heavy atom.